The van der Waals surface area contributed by atoms with Crippen LogP contribution in [0.15, 0.2) is 65.6 Å². The van der Waals surface area contributed by atoms with Crippen molar-refractivity contribution in [2.75, 3.05) is 18.0 Å². The van der Waals surface area contributed by atoms with Crippen molar-refractivity contribution < 1.29 is 4.39 Å². The second-order valence-electron chi connectivity index (χ2n) is 10.0. The lowest BCUT2D eigenvalue weighted by molar-refractivity contribution is 0.127. The van der Waals surface area contributed by atoms with Gasteiger partial charge in [0.1, 0.15) is 5.82 Å². The summed E-state index contributed by atoms with van der Waals surface area (Å²) in [5, 5.41) is 0. The van der Waals surface area contributed by atoms with Gasteiger partial charge in [0, 0.05) is 44.5 Å². The van der Waals surface area contributed by atoms with Gasteiger partial charge in [-0.25, -0.2) is 4.39 Å². The predicted molar refractivity (Wildman–Crippen MR) is 148 cm³/mol. The van der Waals surface area contributed by atoms with Crippen molar-refractivity contribution in [3.8, 4) is 0 Å². The molecule has 7 nitrogen and oxygen atoms in total. The first-order valence-corrected chi connectivity index (χ1v) is 12.9. The van der Waals surface area contributed by atoms with Crippen LogP contribution in [0.5, 0.6) is 0 Å². The third kappa shape index (κ3) is 4.66. The number of fused-ring (bicyclic) bond motifs is 1. The molecule has 1 fully saturated rings. The minimum Gasteiger partial charge on any atom is -0.362 e. The number of hydrogen-bond acceptors (Lipinski definition) is 5. The van der Waals surface area contributed by atoms with Crippen LogP contribution in [0, 0.1) is 12.4 Å². The maximum atomic E-state index is 14.4. The molecule has 0 aliphatic carbocycles. The summed E-state index contributed by atoms with van der Waals surface area (Å²) in [6, 6.07) is 15.8. The smallest absolute Gasteiger partial charge is 0.270 e. The third-order valence-corrected chi connectivity index (χ3v) is 7.54. The van der Waals surface area contributed by atoms with Crippen molar-refractivity contribution in [1.29, 1.82) is 0 Å². The molecule has 4 heterocycles. The Bertz CT molecular complexity index is 1570. The summed E-state index contributed by atoms with van der Waals surface area (Å²) in [5.74, 6) is 0.0230. The van der Waals surface area contributed by atoms with Gasteiger partial charge < -0.3 is 14.3 Å². The van der Waals surface area contributed by atoms with E-state index in [4.69, 9.17) is 11.6 Å². The van der Waals surface area contributed by atoms with Gasteiger partial charge in [-0.15, -0.1) is 4.98 Å². The third-order valence-electron chi connectivity index (χ3n) is 7.54. The molecule has 8 heteroatoms. The molecule has 0 radical (unpaired) electrons. The van der Waals surface area contributed by atoms with E-state index in [-0.39, 0.29) is 29.5 Å². The van der Waals surface area contributed by atoms with E-state index in [1.54, 1.807) is 41.9 Å². The number of benzene rings is 1. The van der Waals surface area contributed by atoms with Crippen LogP contribution in [-0.4, -0.2) is 44.6 Å². The van der Waals surface area contributed by atoms with Gasteiger partial charge in [-0.3, -0.25) is 14.7 Å². The fourth-order valence-electron chi connectivity index (χ4n) is 5.45. The molecular formula is C30H31FN6O. The van der Waals surface area contributed by atoms with E-state index >= 15 is 0 Å². The number of aromatic nitrogens is 3. The molecule has 0 N–H and O–H groups in total. The molecule has 3 atom stereocenters. The number of pyridine rings is 3. The predicted octanol–water partition coefficient (Wildman–Crippen LogP) is 5.27. The lowest BCUT2D eigenvalue weighted by Crippen LogP contribution is -2.57. The monoisotopic (exact) mass is 510 g/mol. The molecule has 38 heavy (non-hydrogen) atoms. The normalized spacial score (nSPS) is 18.9. The van der Waals surface area contributed by atoms with Crippen LogP contribution in [0.1, 0.15) is 43.6 Å². The van der Waals surface area contributed by atoms with Gasteiger partial charge in [-0.05, 0) is 61.7 Å². The molecule has 1 aromatic carbocycles. The van der Waals surface area contributed by atoms with E-state index in [0.717, 1.165) is 28.9 Å². The van der Waals surface area contributed by atoms with E-state index < -0.39 is 0 Å². The van der Waals surface area contributed by atoms with Crippen molar-refractivity contribution in [3.05, 3.63) is 105 Å². The summed E-state index contributed by atoms with van der Waals surface area (Å²) in [5.41, 5.74) is 4.85. The van der Waals surface area contributed by atoms with Gasteiger partial charge in [0.05, 0.1) is 22.9 Å². The van der Waals surface area contributed by atoms with Crippen LogP contribution in [0.25, 0.3) is 15.9 Å². The number of hydrogen-bond donors (Lipinski definition) is 0. The number of anilines is 1. The molecule has 0 spiro atoms. The maximum Gasteiger partial charge on any atom is 0.270 e. The van der Waals surface area contributed by atoms with Crippen LogP contribution < -0.4 is 10.5 Å². The van der Waals surface area contributed by atoms with Crippen molar-refractivity contribution in [2.45, 2.75) is 45.3 Å². The highest BCUT2D eigenvalue weighted by Gasteiger charge is 2.37. The van der Waals surface area contributed by atoms with Gasteiger partial charge in [-0.1, -0.05) is 31.7 Å². The van der Waals surface area contributed by atoms with Crippen molar-refractivity contribution in [2.24, 2.45) is 7.05 Å². The summed E-state index contributed by atoms with van der Waals surface area (Å²) in [6.07, 6.45) is 2.80. The summed E-state index contributed by atoms with van der Waals surface area (Å²) in [7, 11) is 1.72. The van der Waals surface area contributed by atoms with Gasteiger partial charge in [0.25, 0.3) is 11.4 Å². The molecule has 3 aromatic heterocycles. The topological polar surface area (TPSA) is 58.6 Å². The number of rotatable bonds is 5. The Morgan fingerprint density at radius 2 is 1.92 bits per heavy atom. The van der Waals surface area contributed by atoms with Crippen LogP contribution in [0.4, 0.5) is 15.9 Å². The number of nitrogens with zero attached hydrogens (tertiary/aromatic N) is 6. The first-order chi connectivity index (χ1) is 18.3. The van der Waals surface area contributed by atoms with Gasteiger partial charge in [0.2, 0.25) is 5.52 Å². The van der Waals surface area contributed by atoms with Crippen LogP contribution in [-0.2, 0) is 13.5 Å². The Morgan fingerprint density at radius 3 is 2.61 bits per heavy atom. The van der Waals surface area contributed by atoms with Crippen molar-refractivity contribution in [3.63, 3.8) is 0 Å². The molecule has 1 saturated heterocycles. The van der Waals surface area contributed by atoms with Gasteiger partial charge >= 0.3 is 0 Å². The Balaban J connectivity index is 1.55. The SMILES string of the molecule is [C-]#[N+]c1ccc2c(n1)c(N1C[C@@H](C)N(C(c3cccc(F)c3)c3ccc(CC)cn3)C[C@@H]1C)cc(=O)n2C. The highest BCUT2D eigenvalue weighted by molar-refractivity contribution is 5.89. The molecule has 5 rings (SSSR count). The van der Waals surface area contributed by atoms with E-state index in [9.17, 15) is 9.18 Å². The van der Waals surface area contributed by atoms with Crippen molar-refractivity contribution in [1.82, 2.24) is 19.4 Å². The minimum absolute atomic E-state index is 0.0193. The van der Waals surface area contributed by atoms with Gasteiger partial charge in [-0.2, -0.15) is 0 Å². The first-order valence-electron chi connectivity index (χ1n) is 12.9. The number of piperazine rings is 1. The molecule has 1 aliphatic heterocycles. The fraction of sp³-hybridized carbons (Fsp3) is 0.333. The largest absolute Gasteiger partial charge is 0.362 e. The lowest BCUT2D eigenvalue weighted by atomic mass is 9.96. The van der Waals surface area contributed by atoms with E-state index in [0.29, 0.717) is 29.9 Å². The first kappa shape index (κ1) is 25.6. The fourth-order valence-corrected chi connectivity index (χ4v) is 5.45. The van der Waals surface area contributed by atoms with Crippen LogP contribution in [0.2, 0.25) is 0 Å². The molecule has 1 unspecified atom stereocenters. The molecule has 0 bridgehead atoms. The van der Waals surface area contributed by atoms with Gasteiger partial charge in [0.15, 0.2) is 0 Å². The molecule has 194 valence electrons. The summed E-state index contributed by atoms with van der Waals surface area (Å²) >= 11 is 0. The quantitative estimate of drug-likeness (QED) is 0.343. The van der Waals surface area contributed by atoms with E-state index in [1.165, 1.54) is 6.07 Å². The number of aryl methyl sites for hydroxylation is 2. The standard InChI is InChI=1S/C30H31FN6O/c1-6-21-10-11-24(33-16-21)30(22-8-7-9-23(31)14-22)37-18-19(2)36(17-20(37)3)26-15-28(38)35(5)25-12-13-27(32-4)34-29(25)26/h7-16,19-20,30H,6,17-18H2,1-3,5H3/t19-,20+,30?/m0/s1. The Hall–Kier alpha value is -4.09. The lowest BCUT2D eigenvalue weighted by Gasteiger charge is -2.48. The highest BCUT2D eigenvalue weighted by Crippen LogP contribution is 2.35. The van der Waals surface area contributed by atoms with E-state index in [1.807, 2.05) is 18.3 Å². The molecule has 0 amide bonds. The minimum atomic E-state index is -0.273. The molecule has 4 aromatic rings. The second kappa shape index (κ2) is 10.3. The zero-order valence-electron chi connectivity index (χ0n) is 22.1. The Morgan fingerprint density at radius 1 is 1.11 bits per heavy atom. The van der Waals surface area contributed by atoms with Crippen molar-refractivity contribution >= 4 is 22.5 Å². The Kier molecular flexibility index (Phi) is 6.96. The molecule has 0 saturated carbocycles. The highest BCUT2D eigenvalue weighted by atomic mass is 19.1. The zero-order chi connectivity index (χ0) is 27.0. The molecular weight excluding hydrogens is 479 g/mol. The number of halogens is 1. The summed E-state index contributed by atoms with van der Waals surface area (Å²) in [6.45, 7) is 15.1. The zero-order valence-corrected chi connectivity index (χ0v) is 22.1. The maximum absolute atomic E-state index is 14.4. The average molecular weight is 511 g/mol. The van der Waals surface area contributed by atoms with Crippen LogP contribution in [0.3, 0.4) is 0 Å². The Labute approximate surface area is 222 Å². The summed E-state index contributed by atoms with van der Waals surface area (Å²) in [4.78, 5) is 30.3. The summed E-state index contributed by atoms with van der Waals surface area (Å²) < 4.78 is 15.9. The van der Waals surface area contributed by atoms with E-state index in [2.05, 4.69) is 46.5 Å². The van der Waals surface area contributed by atoms with Crippen LogP contribution >= 0.6 is 0 Å². The second-order valence-corrected chi connectivity index (χ2v) is 10.0. The molecule has 1 aliphatic rings. The average Bonchev–Trinajstić information content (AvgIpc) is 2.93.